The van der Waals surface area contributed by atoms with E-state index in [1.807, 2.05) is 38.1 Å². The molecule has 7 nitrogen and oxygen atoms in total. The molecule has 1 aliphatic heterocycles. The summed E-state index contributed by atoms with van der Waals surface area (Å²) >= 11 is 1.56. The van der Waals surface area contributed by atoms with Crippen LogP contribution in [-0.2, 0) is 0 Å². The molecule has 0 bridgehead atoms. The minimum absolute atomic E-state index is 0.148. The molecular formula is C23H26N6OS. The Bertz CT molecular complexity index is 1220. The van der Waals surface area contributed by atoms with Gasteiger partial charge in [-0.1, -0.05) is 12.5 Å². The number of rotatable bonds is 3. The Morgan fingerprint density at radius 2 is 1.90 bits per heavy atom. The molecule has 0 spiro atoms. The van der Waals surface area contributed by atoms with Gasteiger partial charge < -0.3 is 15.6 Å². The van der Waals surface area contributed by atoms with E-state index < -0.39 is 0 Å². The zero-order valence-corrected chi connectivity index (χ0v) is 18.6. The number of aryl methyl sites for hydroxylation is 2. The van der Waals surface area contributed by atoms with Crippen molar-refractivity contribution >= 4 is 33.2 Å². The van der Waals surface area contributed by atoms with Crippen molar-refractivity contribution in [2.24, 2.45) is 0 Å². The number of hydrogen-bond donors (Lipinski definition) is 3. The Labute approximate surface area is 185 Å². The molecule has 31 heavy (non-hydrogen) atoms. The van der Waals surface area contributed by atoms with Gasteiger partial charge in [-0.15, -0.1) is 11.3 Å². The van der Waals surface area contributed by atoms with Gasteiger partial charge in [0.25, 0.3) is 0 Å². The number of hydrogen-bond acceptors (Lipinski definition) is 7. The first kappa shape index (κ1) is 21.1. The van der Waals surface area contributed by atoms with Crippen LogP contribution in [0.15, 0.2) is 47.5 Å². The molecule has 1 aliphatic rings. The Hall–Kier alpha value is -3.10. The van der Waals surface area contributed by atoms with Crippen LogP contribution in [0.5, 0.6) is 0 Å². The van der Waals surface area contributed by atoms with Gasteiger partial charge >= 0.3 is 0 Å². The molecular weight excluding hydrogens is 408 g/mol. The molecule has 3 N–H and O–H groups in total. The van der Waals surface area contributed by atoms with Crippen molar-refractivity contribution in [3.63, 3.8) is 0 Å². The van der Waals surface area contributed by atoms with Gasteiger partial charge in [0.1, 0.15) is 22.3 Å². The maximum atomic E-state index is 11.6. The summed E-state index contributed by atoms with van der Waals surface area (Å²) in [5, 5.41) is 7.28. The number of aromatic amines is 1. The lowest BCUT2D eigenvalue weighted by Crippen LogP contribution is -2.21. The second-order valence-electron chi connectivity index (χ2n) is 7.60. The van der Waals surface area contributed by atoms with Crippen molar-refractivity contribution in [1.82, 2.24) is 25.3 Å². The highest BCUT2D eigenvalue weighted by molar-refractivity contribution is 7.21. The van der Waals surface area contributed by atoms with E-state index in [1.54, 1.807) is 29.8 Å². The molecule has 0 radical (unpaired) electrons. The topological polar surface area (TPSA) is 95.6 Å². The van der Waals surface area contributed by atoms with E-state index in [2.05, 4.69) is 30.6 Å². The summed E-state index contributed by atoms with van der Waals surface area (Å²) in [4.78, 5) is 27.8. The fourth-order valence-corrected chi connectivity index (χ4v) is 4.38. The number of anilines is 2. The largest absolute Gasteiger partial charge is 0.326 e. The van der Waals surface area contributed by atoms with E-state index >= 15 is 0 Å². The van der Waals surface area contributed by atoms with Crippen molar-refractivity contribution in [2.75, 3.05) is 18.4 Å². The predicted octanol–water partition coefficient (Wildman–Crippen LogP) is 4.56. The van der Waals surface area contributed by atoms with Crippen molar-refractivity contribution < 1.29 is 0 Å². The van der Waals surface area contributed by atoms with E-state index in [9.17, 15) is 4.79 Å². The molecule has 1 fully saturated rings. The molecule has 1 saturated heterocycles. The minimum Gasteiger partial charge on any atom is -0.326 e. The molecule has 0 saturated carbocycles. The lowest BCUT2D eigenvalue weighted by Gasteiger charge is -2.08. The summed E-state index contributed by atoms with van der Waals surface area (Å²) in [6.07, 6.45) is 7.77. The highest BCUT2D eigenvalue weighted by Crippen LogP contribution is 2.31. The van der Waals surface area contributed by atoms with Gasteiger partial charge in [0, 0.05) is 24.5 Å². The Morgan fingerprint density at radius 1 is 1.06 bits per heavy atom. The van der Waals surface area contributed by atoms with E-state index in [4.69, 9.17) is 0 Å². The van der Waals surface area contributed by atoms with Crippen LogP contribution < -0.4 is 16.2 Å². The average molecular weight is 435 g/mol. The van der Waals surface area contributed by atoms with Crippen LogP contribution in [0.25, 0.3) is 20.9 Å². The minimum atomic E-state index is -0.148. The van der Waals surface area contributed by atoms with Crippen LogP contribution in [0.3, 0.4) is 0 Å². The van der Waals surface area contributed by atoms with Gasteiger partial charge in [0.15, 0.2) is 0 Å². The molecule has 0 amide bonds. The van der Waals surface area contributed by atoms with Crippen LogP contribution in [0.2, 0.25) is 0 Å². The number of pyridine rings is 3. The number of piperidine rings is 1. The smallest absolute Gasteiger partial charge is 0.249 e. The molecule has 5 rings (SSSR count). The quantitative estimate of drug-likeness (QED) is 0.437. The summed E-state index contributed by atoms with van der Waals surface area (Å²) in [5.74, 6) is 1.23. The van der Waals surface area contributed by atoms with Crippen molar-refractivity contribution in [3.8, 4) is 10.7 Å². The van der Waals surface area contributed by atoms with Crippen LogP contribution >= 0.6 is 11.3 Å². The third-order valence-corrected chi connectivity index (χ3v) is 5.96. The summed E-state index contributed by atoms with van der Waals surface area (Å²) in [6.45, 7) is 6.40. The Kier molecular flexibility index (Phi) is 6.69. The van der Waals surface area contributed by atoms with Crippen LogP contribution in [0, 0.1) is 13.8 Å². The second-order valence-corrected chi connectivity index (χ2v) is 8.63. The first-order chi connectivity index (χ1) is 15.1. The standard InChI is InChI=1S/C18H15N5OS.C5H11N/c1-10-6-15(23-16(24)7-10)22-14-8-12-13(9-20-14)25-18(21-12)17-11(2)4-3-5-19-17;1-2-4-6-5-3-1/h3-9H,1-2H3,(H2,20,22,23,24);6H,1-5H2. The van der Waals surface area contributed by atoms with Crippen LogP contribution in [0.4, 0.5) is 11.6 Å². The molecule has 0 aliphatic carbocycles. The molecule has 0 atom stereocenters. The second kappa shape index (κ2) is 9.80. The summed E-state index contributed by atoms with van der Waals surface area (Å²) in [6, 6.07) is 9.21. The predicted molar refractivity (Wildman–Crippen MR) is 127 cm³/mol. The number of fused-ring (bicyclic) bond motifs is 1. The molecule has 160 valence electrons. The van der Waals surface area contributed by atoms with E-state index in [-0.39, 0.29) is 5.56 Å². The van der Waals surface area contributed by atoms with Gasteiger partial charge in [-0.3, -0.25) is 9.78 Å². The first-order valence-corrected chi connectivity index (χ1v) is 11.3. The zero-order valence-electron chi connectivity index (χ0n) is 17.7. The monoisotopic (exact) mass is 434 g/mol. The van der Waals surface area contributed by atoms with Gasteiger partial charge in [-0.25, -0.2) is 9.97 Å². The summed E-state index contributed by atoms with van der Waals surface area (Å²) < 4.78 is 0.989. The third-order valence-electron chi connectivity index (χ3n) is 4.95. The van der Waals surface area contributed by atoms with E-state index in [0.29, 0.717) is 11.6 Å². The zero-order chi connectivity index (χ0) is 21.6. The summed E-state index contributed by atoms with van der Waals surface area (Å²) in [5.41, 5.74) is 3.56. The molecule has 0 aromatic carbocycles. The SMILES string of the molecule is C1CCNCC1.Cc1cc(Nc2cc3nc(-c4ncccc4C)sc3cn2)[nH]c(=O)c1. The van der Waals surface area contributed by atoms with Gasteiger partial charge in [-0.05, 0) is 63.0 Å². The van der Waals surface area contributed by atoms with Gasteiger partial charge in [0.05, 0.1) is 10.2 Å². The Balaban J connectivity index is 0.000000334. The van der Waals surface area contributed by atoms with Gasteiger partial charge in [0.2, 0.25) is 5.56 Å². The van der Waals surface area contributed by atoms with Crippen molar-refractivity contribution in [2.45, 2.75) is 33.1 Å². The van der Waals surface area contributed by atoms with Crippen molar-refractivity contribution in [1.29, 1.82) is 0 Å². The highest BCUT2D eigenvalue weighted by atomic mass is 32.1. The van der Waals surface area contributed by atoms with Crippen molar-refractivity contribution in [3.05, 3.63) is 64.2 Å². The molecule has 0 unspecified atom stereocenters. The molecule has 5 heterocycles. The molecule has 8 heteroatoms. The fraction of sp³-hybridized carbons (Fsp3) is 0.304. The lowest BCUT2D eigenvalue weighted by atomic mass is 10.2. The molecule has 4 aromatic heterocycles. The highest BCUT2D eigenvalue weighted by Gasteiger charge is 2.11. The van der Waals surface area contributed by atoms with Crippen LogP contribution in [0.1, 0.15) is 30.4 Å². The maximum absolute atomic E-state index is 11.6. The normalized spacial score (nSPS) is 13.5. The number of nitrogens with one attached hydrogen (secondary N) is 3. The summed E-state index contributed by atoms with van der Waals surface area (Å²) in [7, 11) is 0. The van der Waals surface area contributed by atoms with E-state index in [1.165, 1.54) is 32.4 Å². The number of thiazole rings is 1. The van der Waals surface area contributed by atoms with E-state index in [0.717, 1.165) is 32.0 Å². The first-order valence-electron chi connectivity index (χ1n) is 10.5. The number of H-pyrrole nitrogens is 1. The fourth-order valence-electron chi connectivity index (χ4n) is 3.40. The van der Waals surface area contributed by atoms with Gasteiger partial charge in [-0.2, -0.15) is 0 Å². The van der Waals surface area contributed by atoms with Crippen LogP contribution in [-0.4, -0.2) is 33.0 Å². The lowest BCUT2D eigenvalue weighted by molar-refractivity contribution is 0.520. The number of aromatic nitrogens is 4. The molecule has 4 aromatic rings. The Morgan fingerprint density at radius 3 is 2.58 bits per heavy atom. The third kappa shape index (κ3) is 5.53. The average Bonchev–Trinajstić information content (AvgIpc) is 3.18. The maximum Gasteiger partial charge on any atom is 0.249 e. The number of nitrogens with zero attached hydrogens (tertiary/aromatic N) is 3.